The summed E-state index contributed by atoms with van der Waals surface area (Å²) in [4.78, 5) is 22.4. The molecule has 0 fully saturated rings. The van der Waals surface area contributed by atoms with Crippen LogP contribution in [0.5, 0.6) is 0 Å². The van der Waals surface area contributed by atoms with Gasteiger partial charge in [0.25, 0.3) is 0 Å². The highest BCUT2D eigenvalue weighted by molar-refractivity contribution is 5.79. The van der Waals surface area contributed by atoms with Crippen molar-refractivity contribution in [1.29, 1.82) is 0 Å². The standard InChI is InChI=1S/C13H22N2O4/c1-9-8-10(9)5-7-19-13(18)15-11(12(16)17)4-2-3-6-14/h8,10-11H,2-7,14H2,1H3,(H,15,18)(H,16,17)/t10?,11-/m0/s1. The molecule has 0 heterocycles. The Hall–Kier alpha value is -1.56. The van der Waals surface area contributed by atoms with E-state index >= 15 is 0 Å². The number of nitrogens with one attached hydrogen (secondary N) is 1. The molecule has 0 aliphatic heterocycles. The van der Waals surface area contributed by atoms with E-state index in [0.29, 0.717) is 31.9 Å². The normalized spacial score (nSPS) is 18.4. The van der Waals surface area contributed by atoms with Crippen molar-refractivity contribution in [2.24, 2.45) is 11.7 Å². The lowest BCUT2D eigenvalue weighted by Gasteiger charge is -2.14. The molecule has 6 nitrogen and oxygen atoms in total. The van der Waals surface area contributed by atoms with Gasteiger partial charge in [0.1, 0.15) is 6.04 Å². The molecule has 1 aliphatic carbocycles. The van der Waals surface area contributed by atoms with Gasteiger partial charge in [0.05, 0.1) is 6.61 Å². The van der Waals surface area contributed by atoms with Gasteiger partial charge in [-0.1, -0.05) is 11.6 Å². The van der Waals surface area contributed by atoms with Crippen LogP contribution in [0.2, 0.25) is 0 Å². The van der Waals surface area contributed by atoms with Gasteiger partial charge in [0, 0.05) is 5.92 Å². The number of carboxylic acids is 1. The van der Waals surface area contributed by atoms with Crippen molar-refractivity contribution >= 4 is 12.1 Å². The minimum atomic E-state index is -1.05. The third-order valence-corrected chi connectivity index (χ3v) is 3.14. The Kier molecular flexibility index (Phi) is 6.35. The van der Waals surface area contributed by atoms with Gasteiger partial charge in [0.2, 0.25) is 0 Å². The minimum absolute atomic E-state index is 0.305. The summed E-state index contributed by atoms with van der Waals surface area (Å²) in [5.41, 5.74) is 6.65. The monoisotopic (exact) mass is 270 g/mol. The fraction of sp³-hybridized carbons (Fsp3) is 0.692. The molecule has 1 unspecified atom stereocenters. The van der Waals surface area contributed by atoms with Crippen LogP contribution in [-0.2, 0) is 9.53 Å². The summed E-state index contributed by atoms with van der Waals surface area (Å²) in [5.74, 6) is -0.596. The first kappa shape index (κ1) is 15.5. The molecule has 0 saturated carbocycles. The topological polar surface area (TPSA) is 102 Å². The zero-order valence-electron chi connectivity index (χ0n) is 11.2. The average Bonchev–Trinajstić information content (AvgIpc) is 3.04. The highest BCUT2D eigenvalue weighted by Gasteiger charge is 2.22. The van der Waals surface area contributed by atoms with Gasteiger partial charge in [-0.3, -0.25) is 0 Å². The molecule has 0 aromatic rings. The van der Waals surface area contributed by atoms with E-state index in [4.69, 9.17) is 15.6 Å². The Labute approximate surface area is 113 Å². The highest BCUT2D eigenvalue weighted by Crippen LogP contribution is 2.30. The second-order valence-corrected chi connectivity index (χ2v) is 4.76. The summed E-state index contributed by atoms with van der Waals surface area (Å²) in [6.45, 7) is 2.85. The van der Waals surface area contributed by atoms with Crippen LogP contribution in [0, 0.1) is 5.92 Å². The first-order chi connectivity index (χ1) is 9.04. The molecule has 19 heavy (non-hydrogen) atoms. The molecule has 4 N–H and O–H groups in total. The molecule has 2 atom stereocenters. The van der Waals surface area contributed by atoms with E-state index in [1.807, 2.05) is 6.92 Å². The molecule has 1 rings (SSSR count). The number of nitrogens with two attached hydrogens (primary N) is 1. The van der Waals surface area contributed by atoms with Gasteiger partial charge in [-0.2, -0.15) is 0 Å². The molecule has 0 spiro atoms. The first-order valence-corrected chi connectivity index (χ1v) is 6.59. The largest absolute Gasteiger partial charge is 0.480 e. The highest BCUT2D eigenvalue weighted by atomic mass is 16.5. The number of hydrogen-bond acceptors (Lipinski definition) is 4. The molecule has 1 amide bonds. The number of amides is 1. The Bertz CT molecular complexity index is 355. The molecule has 0 aromatic heterocycles. The summed E-state index contributed by atoms with van der Waals surface area (Å²) >= 11 is 0. The van der Waals surface area contributed by atoms with Gasteiger partial charge in [-0.15, -0.1) is 0 Å². The number of carbonyl (C=O) groups is 2. The Morgan fingerprint density at radius 3 is 2.74 bits per heavy atom. The third kappa shape index (κ3) is 6.24. The van der Waals surface area contributed by atoms with Crippen molar-refractivity contribution in [1.82, 2.24) is 5.32 Å². The van der Waals surface area contributed by atoms with Crippen molar-refractivity contribution in [3.05, 3.63) is 11.6 Å². The van der Waals surface area contributed by atoms with Crippen LogP contribution in [0.25, 0.3) is 0 Å². The Balaban J connectivity index is 2.16. The van der Waals surface area contributed by atoms with E-state index < -0.39 is 18.1 Å². The fourth-order valence-electron chi connectivity index (χ4n) is 1.79. The second kappa shape index (κ2) is 7.78. The summed E-state index contributed by atoms with van der Waals surface area (Å²) in [6, 6.07) is -0.903. The zero-order chi connectivity index (χ0) is 14.3. The lowest BCUT2D eigenvalue weighted by Crippen LogP contribution is -2.41. The van der Waals surface area contributed by atoms with Crippen molar-refractivity contribution < 1.29 is 19.4 Å². The molecule has 0 saturated heterocycles. The van der Waals surface area contributed by atoms with Crippen molar-refractivity contribution in [2.75, 3.05) is 13.2 Å². The molecule has 0 aromatic carbocycles. The maximum absolute atomic E-state index is 11.4. The fourth-order valence-corrected chi connectivity index (χ4v) is 1.79. The number of hydrogen-bond donors (Lipinski definition) is 3. The van der Waals surface area contributed by atoms with Gasteiger partial charge in [-0.25, -0.2) is 9.59 Å². The summed E-state index contributed by atoms with van der Waals surface area (Å²) in [5, 5.41) is 11.3. The quantitative estimate of drug-likeness (QED) is 0.432. The molecular formula is C13H22N2O4. The van der Waals surface area contributed by atoms with Crippen LogP contribution in [-0.4, -0.2) is 36.4 Å². The number of alkyl carbamates (subject to hydrolysis) is 1. The van der Waals surface area contributed by atoms with Crippen molar-refractivity contribution in [2.45, 2.75) is 38.6 Å². The van der Waals surface area contributed by atoms with Crippen LogP contribution in [0.3, 0.4) is 0 Å². The molecule has 6 heteroatoms. The SMILES string of the molecule is CC1=CC1CCOC(=O)N[C@@H](CCCCN)C(=O)O. The predicted molar refractivity (Wildman–Crippen MR) is 70.7 cm³/mol. The van der Waals surface area contributed by atoms with Crippen LogP contribution >= 0.6 is 0 Å². The van der Waals surface area contributed by atoms with E-state index in [-0.39, 0.29) is 0 Å². The van der Waals surface area contributed by atoms with Gasteiger partial charge >= 0.3 is 12.1 Å². The van der Waals surface area contributed by atoms with Crippen molar-refractivity contribution in [3.63, 3.8) is 0 Å². The van der Waals surface area contributed by atoms with E-state index in [2.05, 4.69) is 11.4 Å². The lowest BCUT2D eigenvalue weighted by molar-refractivity contribution is -0.139. The van der Waals surface area contributed by atoms with Gasteiger partial charge in [-0.05, 0) is 39.2 Å². The number of unbranched alkanes of at least 4 members (excludes halogenated alkanes) is 1. The number of rotatable bonds is 9. The third-order valence-electron chi connectivity index (χ3n) is 3.14. The lowest BCUT2D eigenvalue weighted by atomic mass is 10.1. The van der Waals surface area contributed by atoms with Crippen molar-refractivity contribution in [3.8, 4) is 0 Å². The minimum Gasteiger partial charge on any atom is -0.480 e. The molecular weight excluding hydrogens is 248 g/mol. The van der Waals surface area contributed by atoms with Crippen LogP contribution in [0.1, 0.15) is 32.6 Å². The van der Waals surface area contributed by atoms with Gasteiger partial charge in [0.15, 0.2) is 0 Å². The Morgan fingerprint density at radius 1 is 1.53 bits per heavy atom. The predicted octanol–water partition coefficient (Wildman–Crippen LogP) is 1.26. The average molecular weight is 270 g/mol. The molecule has 0 bridgehead atoms. The number of carboxylic acid groups (broad SMARTS) is 1. The van der Waals surface area contributed by atoms with E-state index in [1.165, 1.54) is 5.57 Å². The summed E-state index contributed by atoms with van der Waals surface area (Å²) < 4.78 is 4.96. The summed E-state index contributed by atoms with van der Waals surface area (Å²) in [6.07, 6.45) is 3.98. The number of carbonyl (C=O) groups excluding carboxylic acids is 1. The Morgan fingerprint density at radius 2 is 2.21 bits per heavy atom. The summed E-state index contributed by atoms with van der Waals surface area (Å²) in [7, 11) is 0. The molecule has 1 aliphatic rings. The molecule has 0 radical (unpaired) electrons. The number of aliphatic carboxylic acids is 1. The maximum Gasteiger partial charge on any atom is 0.407 e. The molecule has 108 valence electrons. The first-order valence-electron chi connectivity index (χ1n) is 6.59. The van der Waals surface area contributed by atoms with Crippen LogP contribution < -0.4 is 11.1 Å². The van der Waals surface area contributed by atoms with Crippen LogP contribution in [0.4, 0.5) is 4.79 Å². The zero-order valence-corrected chi connectivity index (χ0v) is 11.2. The van der Waals surface area contributed by atoms with E-state index in [9.17, 15) is 9.59 Å². The van der Waals surface area contributed by atoms with E-state index in [1.54, 1.807) is 0 Å². The van der Waals surface area contributed by atoms with E-state index in [0.717, 1.165) is 12.8 Å². The van der Waals surface area contributed by atoms with Crippen LogP contribution in [0.15, 0.2) is 11.6 Å². The number of allylic oxidation sites excluding steroid dienone is 2. The van der Waals surface area contributed by atoms with Gasteiger partial charge < -0.3 is 20.9 Å². The second-order valence-electron chi connectivity index (χ2n) is 4.76. The smallest absolute Gasteiger partial charge is 0.407 e. The maximum atomic E-state index is 11.4. The number of ether oxygens (including phenoxy) is 1.